The van der Waals surface area contributed by atoms with Gasteiger partial charge in [0.2, 0.25) is 5.91 Å². The van der Waals surface area contributed by atoms with E-state index in [1.54, 1.807) is 6.92 Å². The Kier molecular flexibility index (Phi) is 7.98. The van der Waals surface area contributed by atoms with E-state index in [0.29, 0.717) is 5.56 Å². The van der Waals surface area contributed by atoms with Crippen LogP contribution in [0.5, 0.6) is 5.75 Å². The van der Waals surface area contributed by atoms with Gasteiger partial charge in [-0.05, 0) is 43.7 Å². The van der Waals surface area contributed by atoms with Gasteiger partial charge in [0.05, 0.1) is 28.7 Å². The van der Waals surface area contributed by atoms with E-state index >= 15 is 0 Å². The number of nitrogens with one attached hydrogen (secondary N) is 1. The number of carbonyl (C=O) groups excluding carboxylic acids is 1. The number of nitro groups is 1. The zero-order valence-corrected chi connectivity index (χ0v) is 20.8. The number of hydrogen-bond donors (Lipinski definition) is 1. The highest BCUT2D eigenvalue weighted by molar-refractivity contribution is 7.92. The van der Waals surface area contributed by atoms with E-state index < -0.39 is 33.4 Å². The molecule has 0 bridgehead atoms. The Hall–Kier alpha value is -3.63. The minimum Gasteiger partial charge on any atom is -0.495 e. The van der Waals surface area contributed by atoms with Crippen molar-refractivity contribution in [2.45, 2.75) is 24.8 Å². The number of halogens is 1. The molecule has 0 saturated carbocycles. The molecule has 0 spiro atoms. The number of carbonyl (C=O) groups is 1. The number of ether oxygens (including phenoxy) is 1. The van der Waals surface area contributed by atoms with Gasteiger partial charge in [0, 0.05) is 16.7 Å². The molecular weight excluding hydrogens is 494 g/mol. The van der Waals surface area contributed by atoms with E-state index in [9.17, 15) is 23.3 Å². The fraction of sp³-hybridized carbons (Fsp3) is 0.208. The lowest BCUT2D eigenvalue weighted by atomic mass is 10.1. The van der Waals surface area contributed by atoms with Crippen LogP contribution in [0.3, 0.4) is 0 Å². The fourth-order valence-corrected chi connectivity index (χ4v) is 5.08. The number of benzene rings is 3. The standard InChI is InChI=1S/C24H24ClN3O6S/c1-16-9-11-20(14-21(16)28(30)31)35(32,33)27(22-13-19(25)10-12-23(22)34-3)15-24(29)26-17(2)18-7-5-4-6-8-18/h4-14,17H,15H2,1-3H3,(H,26,29). The average molecular weight is 518 g/mol. The number of nitro benzene ring substituents is 1. The second-order valence-corrected chi connectivity index (χ2v) is 10.0. The monoisotopic (exact) mass is 517 g/mol. The summed E-state index contributed by atoms with van der Waals surface area (Å²) in [6.45, 7) is 2.66. The van der Waals surface area contributed by atoms with Crippen LogP contribution in [0.4, 0.5) is 11.4 Å². The topological polar surface area (TPSA) is 119 Å². The number of hydrogen-bond acceptors (Lipinski definition) is 6. The van der Waals surface area contributed by atoms with Crippen molar-refractivity contribution in [3.05, 3.63) is 93.0 Å². The molecule has 0 saturated heterocycles. The molecule has 9 nitrogen and oxygen atoms in total. The third kappa shape index (κ3) is 5.90. The third-order valence-electron chi connectivity index (χ3n) is 5.34. The number of rotatable bonds is 9. The molecule has 1 unspecified atom stereocenters. The number of amides is 1. The predicted octanol–water partition coefficient (Wildman–Crippen LogP) is 4.64. The van der Waals surface area contributed by atoms with Crippen molar-refractivity contribution in [3.63, 3.8) is 0 Å². The summed E-state index contributed by atoms with van der Waals surface area (Å²) in [6, 6.07) is 16.7. The summed E-state index contributed by atoms with van der Waals surface area (Å²) >= 11 is 6.14. The first-order valence-electron chi connectivity index (χ1n) is 10.5. The molecule has 0 heterocycles. The predicted molar refractivity (Wildman–Crippen MR) is 133 cm³/mol. The van der Waals surface area contributed by atoms with Gasteiger partial charge in [0.1, 0.15) is 12.3 Å². The average Bonchev–Trinajstić information content (AvgIpc) is 2.82. The van der Waals surface area contributed by atoms with Gasteiger partial charge in [-0.2, -0.15) is 0 Å². The van der Waals surface area contributed by atoms with Crippen molar-refractivity contribution < 1.29 is 22.9 Å². The van der Waals surface area contributed by atoms with Gasteiger partial charge in [-0.1, -0.05) is 48.0 Å². The van der Waals surface area contributed by atoms with Crippen molar-refractivity contribution in [2.75, 3.05) is 18.0 Å². The first-order valence-corrected chi connectivity index (χ1v) is 12.3. The van der Waals surface area contributed by atoms with Crippen LogP contribution < -0.4 is 14.4 Å². The lowest BCUT2D eigenvalue weighted by molar-refractivity contribution is -0.385. The molecule has 3 rings (SSSR count). The minimum absolute atomic E-state index is 0.0192. The Bertz CT molecular complexity index is 1350. The number of methoxy groups -OCH3 is 1. The lowest BCUT2D eigenvalue weighted by Gasteiger charge is -2.26. The van der Waals surface area contributed by atoms with Gasteiger partial charge in [-0.3, -0.25) is 19.2 Å². The van der Waals surface area contributed by atoms with Crippen molar-refractivity contribution in [2.24, 2.45) is 0 Å². The molecule has 0 aliphatic carbocycles. The van der Waals surface area contributed by atoms with Gasteiger partial charge in [0.15, 0.2) is 0 Å². The molecular formula is C24H24ClN3O6S. The Balaban J connectivity index is 2.05. The van der Waals surface area contributed by atoms with Gasteiger partial charge in [0.25, 0.3) is 15.7 Å². The molecule has 0 aliphatic heterocycles. The SMILES string of the molecule is COc1ccc(Cl)cc1N(CC(=O)NC(C)c1ccccc1)S(=O)(=O)c1ccc(C)c([N+](=O)[O-])c1. The number of anilines is 1. The van der Waals surface area contributed by atoms with Gasteiger partial charge < -0.3 is 10.1 Å². The first kappa shape index (κ1) is 26.0. The van der Waals surface area contributed by atoms with E-state index in [0.717, 1.165) is 15.9 Å². The largest absolute Gasteiger partial charge is 0.495 e. The minimum atomic E-state index is -4.44. The Morgan fingerprint density at radius 2 is 1.83 bits per heavy atom. The molecule has 0 fully saturated rings. The highest BCUT2D eigenvalue weighted by Crippen LogP contribution is 2.35. The maximum atomic E-state index is 13.7. The summed E-state index contributed by atoms with van der Waals surface area (Å²) in [5.74, 6) is -0.433. The van der Waals surface area contributed by atoms with Gasteiger partial charge in [-0.25, -0.2) is 8.42 Å². The van der Waals surface area contributed by atoms with Crippen LogP contribution in [-0.2, 0) is 14.8 Å². The van der Waals surface area contributed by atoms with Gasteiger partial charge >= 0.3 is 0 Å². The maximum absolute atomic E-state index is 13.7. The van der Waals surface area contributed by atoms with E-state index in [-0.39, 0.29) is 27.0 Å². The van der Waals surface area contributed by atoms with Crippen LogP contribution in [0.15, 0.2) is 71.6 Å². The molecule has 3 aromatic rings. The number of sulfonamides is 1. The van der Waals surface area contributed by atoms with Crippen LogP contribution in [0.25, 0.3) is 0 Å². The quantitative estimate of drug-likeness (QED) is 0.326. The Morgan fingerprint density at radius 3 is 2.46 bits per heavy atom. The number of aryl methyl sites for hydroxylation is 1. The molecule has 0 aliphatic rings. The zero-order chi connectivity index (χ0) is 25.8. The third-order valence-corrected chi connectivity index (χ3v) is 7.33. The van der Waals surface area contributed by atoms with Crippen molar-refractivity contribution in [3.8, 4) is 5.75 Å². The molecule has 0 radical (unpaired) electrons. The molecule has 1 amide bonds. The van der Waals surface area contributed by atoms with E-state index in [4.69, 9.17) is 16.3 Å². The number of nitrogens with zero attached hydrogens (tertiary/aromatic N) is 2. The lowest BCUT2D eigenvalue weighted by Crippen LogP contribution is -2.41. The first-order chi connectivity index (χ1) is 16.5. The summed E-state index contributed by atoms with van der Waals surface area (Å²) in [7, 11) is -3.09. The Labute approximate surface area is 208 Å². The molecule has 3 aromatic carbocycles. The molecule has 1 N–H and O–H groups in total. The highest BCUT2D eigenvalue weighted by Gasteiger charge is 2.31. The second-order valence-electron chi connectivity index (χ2n) is 7.73. The summed E-state index contributed by atoms with van der Waals surface area (Å²) in [4.78, 5) is 23.4. The Morgan fingerprint density at radius 1 is 1.14 bits per heavy atom. The summed E-state index contributed by atoms with van der Waals surface area (Å²) < 4.78 is 33.6. The van der Waals surface area contributed by atoms with Crippen molar-refractivity contribution in [1.29, 1.82) is 0 Å². The van der Waals surface area contributed by atoms with Crippen LogP contribution in [0, 0.1) is 17.0 Å². The molecule has 184 valence electrons. The van der Waals surface area contributed by atoms with E-state index in [1.807, 2.05) is 30.3 Å². The molecule has 1 atom stereocenters. The molecule has 0 aromatic heterocycles. The highest BCUT2D eigenvalue weighted by atomic mass is 35.5. The second kappa shape index (κ2) is 10.7. The zero-order valence-electron chi connectivity index (χ0n) is 19.3. The summed E-state index contributed by atoms with van der Waals surface area (Å²) in [6.07, 6.45) is 0. The summed E-state index contributed by atoms with van der Waals surface area (Å²) in [5, 5.41) is 14.4. The van der Waals surface area contributed by atoms with Crippen LogP contribution in [0.2, 0.25) is 5.02 Å². The summed E-state index contributed by atoms with van der Waals surface area (Å²) in [5.41, 5.74) is 0.803. The van der Waals surface area contributed by atoms with Gasteiger partial charge in [-0.15, -0.1) is 0 Å². The smallest absolute Gasteiger partial charge is 0.273 e. The van der Waals surface area contributed by atoms with E-state index in [2.05, 4.69) is 5.32 Å². The van der Waals surface area contributed by atoms with Crippen molar-refractivity contribution in [1.82, 2.24) is 5.32 Å². The van der Waals surface area contributed by atoms with Crippen LogP contribution in [-0.4, -0.2) is 32.9 Å². The molecule has 11 heteroatoms. The van der Waals surface area contributed by atoms with Crippen LogP contribution >= 0.6 is 11.6 Å². The van der Waals surface area contributed by atoms with Crippen LogP contribution in [0.1, 0.15) is 24.1 Å². The van der Waals surface area contributed by atoms with Crippen molar-refractivity contribution >= 4 is 38.9 Å². The van der Waals surface area contributed by atoms with E-state index in [1.165, 1.54) is 44.4 Å². The fourth-order valence-electron chi connectivity index (χ4n) is 3.47. The molecule has 35 heavy (non-hydrogen) atoms. The normalized spacial score (nSPS) is 12.0. The maximum Gasteiger partial charge on any atom is 0.273 e.